The molecule has 22 heavy (non-hydrogen) atoms. The maximum atomic E-state index is 10.3. The van der Waals surface area contributed by atoms with Gasteiger partial charge in [0.05, 0.1) is 30.3 Å². The highest BCUT2D eigenvalue weighted by Crippen LogP contribution is 2.34. The van der Waals surface area contributed by atoms with Gasteiger partial charge in [0.15, 0.2) is 11.5 Å². The van der Waals surface area contributed by atoms with E-state index in [4.69, 9.17) is 4.74 Å². The fourth-order valence-corrected chi connectivity index (χ4v) is 2.33. The fourth-order valence-electron chi connectivity index (χ4n) is 2.33. The van der Waals surface area contributed by atoms with Crippen LogP contribution in [0.4, 0.5) is 0 Å². The molecule has 0 amide bonds. The number of aromatic nitrogens is 5. The SMILES string of the molecule is CCCC(C)c1nc(O)c2c(Oc3cn[nH]c3)cncc2n1. The van der Waals surface area contributed by atoms with Crippen LogP contribution in [-0.4, -0.2) is 30.3 Å². The predicted molar refractivity (Wildman–Crippen MR) is 81.0 cm³/mol. The first kappa shape index (κ1) is 14.2. The highest BCUT2D eigenvalue weighted by atomic mass is 16.5. The topological polar surface area (TPSA) is 96.8 Å². The Bertz CT molecular complexity index is 773. The largest absolute Gasteiger partial charge is 0.493 e. The summed E-state index contributed by atoms with van der Waals surface area (Å²) in [6, 6.07) is 0. The molecule has 3 aromatic heterocycles. The van der Waals surface area contributed by atoms with E-state index in [-0.39, 0.29) is 11.8 Å². The average Bonchev–Trinajstić information content (AvgIpc) is 3.00. The van der Waals surface area contributed by atoms with Crippen LogP contribution in [-0.2, 0) is 0 Å². The van der Waals surface area contributed by atoms with Crippen molar-refractivity contribution in [2.75, 3.05) is 0 Å². The monoisotopic (exact) mass is 299 g/mol. The lowest BCUT2D eigenvalue weighted by Crippen LogP contribution is -2.02. The fraction of sp³-hybridized carbons (Fsp3) is 0.333. The molecule has 3 heterocycles. The molecule has 0 saturated carbocycles. The summed E-state index contributed by atoms with van der Waals surface area (Å²) in [4.78, 5) is 12.9. The first-order chi connectivity index (χ1) is 10.7. The van der Waals surface area contributed by atoms with E-state index in [0.717, 1.165) is 12.8 Å². The number of fused-ring (bicyclic) bond motifs is 1. The predicted octanol–water partition coefficient (Wildman–Crippen LogP) is 3.15. The first-order valence-corrected chi connectivity index (χ1v) is 7.20. The summed E-state index contributed by atoms with van der Waals surface area (Å²) in [6.07, 6.45) is 8.26. The Morgan fingerprint density at radius 2 is 2.14 bits per heavy atom. The summed E-state index contributed by atoms with van der Waals surface area (Å²) in [6.45, 7) is 4.15. The Morgan fingerprint density at radius 3 is 2.86 bits per heavy atom. The zero-order chi connectivity index (χ0) is 15.5. The van der Waals surface area contributed by atoms with E-state index in [1.165, 1.54) is 12.4 Å². The van der Waals surface area contributed by atoms with Crippen LogP contribution in [0.2, 0.25) is 0 Å². The van der Waals surface area contributed by atoms with Gasteiger partial charge in [0.1, 0.15) is 11.2 Å². The second-order valence-electron chi connectivity index (χ2n) is 5.16. The number of nitrogens with zero attached hydrogens (tertiary/aromatic N) is 4. The lowest BCUT2D eigenvalue weighted by molar-refractivity contribution is 0.444. The lowest BCUT2D eigenvalue weighted by atomic mass is 10.1. The van der Waals surface area contributed by atoms with Crippen LogP contribution in [0.15, 0.2) is 24.8 Å². The molecular formula is C15H17N5O2. The maximum Gasteiger partial charge on any atom is 0.226 e. The number of pyridine rings is 1. The smallest absolute Gasteiger partial charge is 0.226 e. The summed E-state index contributed by atoms with van der Waals surface area (Å²) in [5, 5.41) is 17.2. The number of nitrogens with one attached hydrogen (secondary N) is 1. The van der Waals surface area contributed by atoms with Gasteiger partial charge in [-0.3, -0.25) is 10.1 Å². The summed E-state index contributed by atoms with van der Waals surface area (Å²) in [7, 11) is 0. The first-order valence-electron chi connectivity index (χ1n) is 7.20. The number of aromatic amines is 1. The van der Waals surface area contributed by atoms with Crippen LogP contribution in [0.25, 0.3) is 10.9 Å². The quantitative estimate of drug-likeness (QED) is 0.751. The van der Waals surface area contributed by atoms with E-state index in [1.54, 1.807) is 12.4 Å². The minimum Gasteiger partial charge on any atom is -0.493 e. The number of ether oxygens (including phenoxy) is 1. The molecule has 7 heteroatoms. The van der Waals surface area contributed by atoms with Crippen molar-refractivity contribution in [3.05, 3.63) is 30.6 Å². The van der Waals surface area contributed by atoms with Gasteiger partial charge in [-0.15, -0.1) is 0 Å². The molecule has 1 unspecified atom stereocenters. The van der Waals surface area contributed by atoms with Crippen molar-refractivity contribution in [1.29, 1.82) is 0 Å². The molecule has 2 N–H and O–H groups in total. The number of rotatable bonds is 5. The second kappa shape index (κ2) is 5.97. The van der Waals surface area contributed by atoms with Gasteiger partial charge in [-0.2, -0.15) is 10.1 Å². The molecule has 0 saturated heterocycles. The molecule has 0 radical (unpaired) electrons. The lowest BCUT2D eigenvalue weighted by Gasteiger charge is -2.12. The average molecular weight is 299 g/mol. The number of hydrogen-bond donors (Lipinski definition) is 2. The molecule has 3 aromatic rings. The van der Waals surface area contributed by atoms with E-state index < -0.39 is 0 Å². The standard InChI is InChI=1S/C15H17N5O2/c1-3-4-9(2)14-19-11-7-16-8-12(13(11)15(21)20-14)22-10-5-17-18-6-10/h5-9H,3-4H2,1-2H3,(H,17,18)(H,19,20,21). The summed E-state index contributed by atoms with van der Waals surface area (Å²) in [5.74, 6) is 1.62. The molecule has 3 rings (SSSR count). The third kappa shape index (κ3) is 2.69. The van der Waals surface area contributed by atoms with Gasteiger partial charge in [-0.25, -0.2) is 4.98 Å². The highest BCUT2D eigenvalue weighted by molar-refractivity contribution is 5.88. The Balaban J connectivity index is 2.05. The van der Waals surface area contributed by atoms with Gasteiger partial charge in [0.25, 0.3) is 0 Å². The van der Waals surface area contributed by atoms with E-state index in [9.17, 15) is 5.11 Å². The Kier molecular flexibility index (Phi) is 3.86. The normalized spacial score (nSPS) is 12.5. The molecule has 114 valence electrons. The highest BCUT2D eigenvalue weighted by Gasteiger charge is 2.16. The molecule has 0 fully saturated rings. The molecule has 0 spiro atoms. The van der Waals surface area contributed by atoms with Gasteiger partial charge in [-0.1, -0.05) is 20.3 Å². The van der Waals surface area contributed by atoms with Crippen molar-refractivity contribution in [3.8, 4) is 17.4 Å². The number of hydrogen-bond acceptors (Lipinski definition) is 6. The van der Waals surface area contributed by atoms with Gasteiger partial charge in [-0.05, 0) is 6.42 Å². The van der Waals surface area contributed by atoms with E-state index in [1.807, 2.05) is 6.92 Å². The van der Waals surface area contributed by atoms with E-state index in [2.05, 4.69) is 32.1 Å². The van der Waals surface area contributed by atoms with Crippen LogP contribution in [0, 0.1) is 0 Å². The minimum atomic E-state index is -0.0937. The van der Waals surface area contributed by atoms with Crippen LogP contribution >= 0.6 is 0 Å². The molecule has 0 aliphatic rings. The van der Waals surface area contributed by atoms with Crippen molar-refractivity contribution >= 4 is 10.9 Å². The molecular weight excluding hydrogens is 282 g/mol. The molecule has 0 aliphatic carbocycles. The van der Waals surface area contributed by atoms with Gasteiger partial charge in [0, 0.05) is 5.92 Å². The van der Waals surface area contributed by atoms with Crippen LogP contribution in [0.3, 0.4) is 0 Å². The Morgan fingerprint density at radius 1 is 1.27 bits per heavy atom. The van der Waals surface area contributed by atoms with Crippen LogP contribution in [0.5, 0.6) is 17.4 Å². The minimum absolute atomic E-state index is 0.0937. The van der Waals surface area contributed by atoms with Gasteiger partial charge >= 0.3 is 0 Å². The third-order valence-electron chi connectivity index (χ3n) is 3.43. The summed E-state index contributed by atoms with van der Waals surface area (Å²) in [5.41, 5.74) is 0.562. The van der Waals surface area contributed by atoms with Gasteiger partial charge < -0.3 is 9.84 Å². The number of H-pyrrole nitrogens is 1. The van der Waals surface area contributed by atoms with Crippen molar-refractivity contribution in [2.24, 2.45) is 0 Å². The van der Waals surface area contributed by atoms with Crippen LogP contribution in [0.1, 0.15) is 38.4 Å². The molecule has 0 bridgehead atoms. The van der Waals surface area contributed by atoms with E-state index >= 15 is 0 Å². The third-order valence-corrected chi connectivity index (χ3v) is 3.43. The second-order valence-corrected chi connectivity index (χ2v) is 5.16. The summed E-state index contributed by atoms with van der Waals surface area (Å²) < 4.78 is 5.66. The molecule has 0 aromatic carbocycles. The Hall–Kier alpha value is -2.70. The zero-order valence-corrected chi connectivity index (χ0v) is 12.4. The zero-order valence-electron chi connectivity index (χ0n) is 12.4. The molecule has 1 atom stereocenters. The van der Waals surface area contributed by atoms with Crippen LogP contribution < -0.4 is 4.74 Å². The van der Waals surface area contributed by atoms with Crippen molar-refractivity contribution < 1.29 is 9.84 Å². The van der Waals surface area contributed by atoms with E-state index in [0.29, 0.717) is 28.2 Å². The van der Waals surface area contributed by atoms with Crippen molar-refractivity contribution in [1.82, 2.24) is 25.1 Å². The molecule has 7 nitrogen and oxygen atoms in total. The molecule has 0 aliphatic heterocycles. The van der Waals surface area contributed by atoms with Crippen molar-refractivity contribution in [2.45, 2.75) is 32.6 Å². The number of aromatic hydroxyl groups is 1. The van der Waals surface area contributed by atoms with Gasteiger partial charge in [0.2, 0.25) is 5.88 Å². The van der Waals surface area contributed by atoms with Crippen molar-refractivity contribution in [3.63, 3.8) is 0 Å². The Labute approximate surface area is 127 Å². The maximum absolute atomic E-state index is 10.3. The summed E-state index contributed by atoms with van der Waals surface area (Å²) >= 11 is 0.